The van der Waals surface area contributed by atoms with E-state index in [9.17, 15) is 4.79 Å². The fourth-order valence-corrected chi connectivity index (χ4v) is 0.993. The number of thiocarbonyl (C=S) groups is 1. The van der Waals surface area contributed by atoms with Gasteiger partial charge in [-0.05, 0) is 20.8 Å². The summed E-state index contributed by atoms with van der Waals surface area (Å²) in [4.78, 5) is 15.8. The van der Waals surface area contributed by atoms with Gasteiger partial charge in [0.25, 0.3) is 0 Å². The second-order valence-electron chi connectivity index (χ2n) is 3.91. The molecule has 0 aromatic carbocycles. The van der Waals surface area contributed by atoms with E-state index >= 15 is 0 Å². The Bertz CT molecular complexity index is 413. The Balaban J connectivity index is 2.56. The first-order valence-corrected chi connectivity index (χ1v) is 5.12. The molecule has 0 aliphatic heterocycles. The van der Waals surface area contributed by atoms with Crippen molar-refractivity contribution in [3.05, 3.63) is 11.7 Å². The fourth-order valence-electron chi connectivity index (χ4n) is 0.901. The molecule has 0 bridgehead atoms. The highest BCUT2D eigenvalue weighted by Gasteiger charge is 2.30. The third-order valence-electron chi connectivity index (χ3n) is 2.15. The van der Waals surface area contributed by atoms with Gasteiger partial charge in [-0.1, -0.05) is 17.4 Å². The zero-order valence-corrected chi connectivity index (χ0v) is 10.2. The minimum Gasteiger partial charge on any atom is -0.392 e. The fraction of sp³-hybridized carbons (Fsp3) is 0.556. The largest absolute Gasteiger partial charge is 0.392 e. The molecule has 16 heavy (non-hydrogen) atoms. The van der Waals surface area contributed by atoms with Crippen molar-refractivity contribution in [3.63, 3.8) is 0 Å². The topological polar surface area (TPSA) is 94.0 Å². The number of aromatic nitrogens is 2. The molecule has 6 nitrogen and oxygen atoms in total. The summed E-state index contributed by atoms with van der Waals surface area (Å²) in [5, 5.41) is 6.24. The van der Waals surface area contributed by atoms with Gasteiger partial charge in [0.2, 0.25) is 11.8 Å². The summed E-state index contributed by atoms with van der Waals surface area (Å²) >= 11 is 4.81. The third kappa shape index (κ3) is 2.75. The quantitative estimate of drug-likeness (QED) is 0.738. The lowest BCUT2D eigenvalue weighted by molar-refractivity contribution is -0.126. The van der Waals surface area contributed by atoms with Gasteiger partial charge in [0, 0.05) is 0 Å². The third-order valence-corrected chi connectivity index (χ3v) is 2.66. The van der Waals surface area contributed by atoms with E-state index in [-0.39, 0.29) is 17.4 Å². The second kappa shape index (κ2) is 4.56. The van der Waals surface area contributed by atoms with Crippen LogP contribution < -0.4 is 11.1 Å². The predicted octanol–water partition coefficient (Wildman–Crippen LogP) is 0.307. The van der Waals surface area contributed by atoms with Gasteiger partial charge in [0.05, 0.1) is 16.9 Å². The van der Waals surface area contributed by atoms with Crippen LogP contribution in [0.3, 0.4) is 0 Å². The van der Waals surface area contributed by atoms with Crippen LogP contribution in [0.1, 0.15) is 25.6 Å². The molecule has 0 fully saturated rings. The normalized spacial score (nSPS) is 11.2. The van der Waals surface area contributed by atoms with Crippen LogP contribution in [0.4, 0.5) is 0 Å². The second-order valence-corrected chi connectivity index (χ2v) is 4.35. The van der Waals surface area contributed by atoms with Crippen molar-refractivity contribution in [1.29, 1.82) is 0 Å². The van der Waals surface area contributed by atoms with Crippen LogP contribution in [-0.2, 0) is 11.3 Å². The summed E-state index contributed by atoms with van der Waals surface area (Å²) in [5.41, 5.74) is 4.58. The van der Waals surface area contributed by atoms with E-state index in [1.165, 1.54) is 0 Å². The van der Waals surface area contributed by atoms with E-state index in [1.54, 1.807) is 20.8 Å². The molecule has 0 aliphatic carbocycles. The molecule has 0 saturated heterocycles. The molecule has 0 spiro atoms. The van der Waals surface area contributed by atoms with Crippen LogP contribution in [0.2, 0.25) is 0 Å². The van der Waals surface area contributed by atoms with E-state index in [1.807, 2.05) is 0 Å². The van der Waals surface area contributed by atoms with Crippen LogP contribution in [0.25, 0.3) is 0 Å². The number of rotatable bonds is 4. The van der Waals surface area contributed by atoms with Gasteiger partial charge in [-0.3, -0.25) is 4.79 Å². The highest BCUT2D eigenvalue weighted by atomic mass is 32.1. The molecule has 88 valence electrons. The molecule has 7 heteroatoms. The van der Waals surface area contributed by atoms with Gasteiger partial charge < -0.3 is 15.6 Å². The Morgan fingerprint density at radius 3 is 2.69 bits per heavy atom. The molecule has 0 aliphatic rings. The Morgan fingerprint density at radius 2 is 2.25 bits per heavy atom. The summed E-state index contributed by atoms with van der Waals surface area (Å²) in [5.74, 6) is 0.610. The lowest BCUT2D eigenvalue weighted by Crippen LogP contribution is -2.44. The van der Waals surface area contributed by atoms with Gasteiger partial charge >= 0.3 is 0 Å². The molecule has 1 rings (SSSR count). The van der Waals surface area contributed by atoms with E-state index in [2.05, 4.69) is 15.5 Å². The number of hydrogen-bond donors (Lipinski definition) is 2. The molecule has 3 N–H and O–H groups in total. The molecular weight excluding hydrogens is 228 g/mol. The molecule has 1 aromatic rings. The summed E-state index contributed by atoms with van der Waals surface area (Å²) < 4.78 is 4.85. The highest BCUT2D eigenvalue weighted by molar-refractivity contribution is 7.80. The van der Waals surface area contributed by atoms with Crippen molar-refractivity contribution in [2.45, 2.75) is 27.3 Å². The summed E-state index contributed by atoms with van der Waals surface area (Å²) in [6.45, 7) is 5.19. The predicted molar refractivity (Wildman–Crippen MR) is 61.4 cm³/mol. The van der Waals surface area contributed by atoms with Crippen molar-refractivity contribution in [2.75, 3.05) is 0 Å². The van der Waals surface area contributed by atoms with Crippen LogP contribution in [0, 0.1) is 12.3 Å². The van der Waals surface area contributed by atoms with Gasteiger partial charge in [0.15, 0.2) is 5.82 Å². The van der Waals surface area contributed by atoms with Crippen LogP contribution >= 0.6 is 12.2 Å². The number of carbonyl (C=O) groups excluding carboxylic acids is 1. The van der Waals surface area contributed by atoms with Crippen molar-refractivity contribution in [1.82, 2.24) is 15.5 Å². The standard InChI is InChI=1S/C9H14N4O2S/c1-5-12-6(15-13-5)4-11-8(14)9(2,3)7(10)16/h4H2,1-3H3,(H2,10,16)(H,11,14). The number of nitrogens with zero attached hydrogens (tertiary/aromatic N) is 2. The molecule has 0 atom stereocenters. The Hall–Kier alpha value is -1.50. The number of aryl methyl sites for hydroxylation is 1. The summed E-state index contributed by atoms with van der Waals surface area (Å²) in [7, 11) is 0. The number of amides is 1. The maximum atomic E-state index is 11.7. The zero-order valence-electron chi connectivity index (χ0n) is 9.40. The van der Waals surface area contributed by atoms with Gasteiger partial charge in [0.1, 0.15) is 0 Å². The van der Waals surface area contributed by atoms with E-state index in [0.29, 0.717) is 11.7 Å². The smallest absolute Gasteiger partial charge is 0.246 e. The van der Waals surface area contributed by atoms with Crippen LogP contribution in [0.5, 0.6) is 0 Å². The Kier molecular flexibility index (Phi) is 3.58. The van der Waals surface area contributed by atoms with Gasteiger partial charge in [-0.25, -0.2) is 0 Å². The molecule has 1 aromatic heterocycles. The lowest BCUT2D eigenvalue weighted by atomic mass is 9.92. The maximum absolute atomic E-state index is 11.7. The average molecular weight is 242 g/mol. The Morgan fingerprint density at radius 1 is 1.62 bits per heavy atom. The summed E-state index contributed by atoms with van der Waals surface area (Å²) in [6.07, 6.45) is 0. The van der Waals surface area contributed by atoms with E-state index < -0.39 is 5.41 Å². The van der Waals surface area contributed by atoms with Crippen LogP contribution in [0.15, 0.2) is 4.52 Å². The highest BCUT2D eigenvalue weighted by Crippen LogP contribution is 2.15. The molecule has 1 amide bonds. The minimum absolute atomic E-state index is 0.145. The van der Waals surface area contributed by atoms with Gasteiger partial charge in [-0.2, -0.15) is 4.98 Å². The number of nitrogens with two attached hydrogens (primary N) is 1. The minimum atomic E-state index is -0.885. The SMILES string of the molecule is Cc1noc(CNC(=O)C(C)(C)C(N)=S)n1. The molecular formula is C9H14N4O2S. The molecule has 1 heterocycles. The van der Waals surface area contributed by atoms with E-state index in [0.717, 1.165) is 0 Å². The summed E-state index contributed by atoms with van der Waals surface area (Å²) in [6, 6.07) is 0. The average Bonchev–Trinajstić information content (AvgIpc) is 2.60. The molecule has 0 unspecified atom stereocenters. The lowest BCUT2D eigenvalue weighted by Gasteiger charge is -2.21. The van der Waals surface area contributed by atoms with Crippen LogP contribution in [-0.4, -0.2) is 21.0 Å². The van der Waals surface area contributed by atoms with Crippen molar-refractivity contribution < 1.29 is 9.32 Å². The number of nitrogens with one attached hydrogen (secondary N) is 1. The number of carbonyl (C=O) groups is 1. The number of hydrogen-bond acceptors (Lipinski definition) is 5. The van der Waals surface area contributed by atoms with Crippen molar-refractivity contribution in [3.8, 4) is 0 Å². The molecule has 0 radical (unpaired) electrons. The van der Waals surface area contributed by atoms with Crippen molar-refractivity contribution in [2.24, 2.45) is 11.1 Å². The zero-order chi connectivity index (χ0) is 12.3. The molecule has 0 saturated carbocycles. The first-order valence-electron chi connectivity index (χ1n) is 4.71. The first-order chi connectivity index (χ1) is 7.34. The Labute approximate surface area is 98.6 Å². The van der Waals surface area contributed by atoms with Gasteiger partial charge in [-0.15, -0.1) is 0 Å². The van der Waals surface area contributed by atoms with E-state index in [4.69, 9.17) is 22.5 Å². The maximum Gasteiger partial charge on any atom is 0.246 e. The first kappa shape index (κ1) is 12.6. The monoisotopic (exact) mass is 242 g/mol. The van der Waals surface area contributed by atoms with Crippen molar-refractivity contribution >= 4 is 23.1 Å².